The molecule has 2 amide bonds. The first-order chi connectivity index (χ1) is 12.4. The fourth-order valence-corrected chi connectivity index (χ4v) is 2.90. The minimum absolute atomic E-state index is 0.0353. The van der Waals surface area contributed by atoms with Crippen molar-refractivity contribution in [1.29, 1.82) is 0 Å². The molecule has 8 heteroatoms. The zero-order valence-corrected chi connectivity index (χ0v) is 15.8. The van der Waals surface area contributed by atoms with Gasteiger partial charge in [-0.2, -0.15) is 13.2 Å². The van der Waals surface area contributed by atoms with Crippen molar-refractivity contribution in [1.82, 2.24) is 10.2 Å². The van der Waals surface area contributed by atoms with Gasteiger partial charge in [0.1, 0.15) is 0 Å². The van der Waals surface area contributed by atoms with Crippen LogP contribution in [0, 0.1) is 5.41 Å². The van der Waals surface area contributed by atoms with Crippen LogP contribution in [0.3, 0.4) is 0 Å². The molecule has 0 aliphatic carbocycles. The summed E-state index contributed by atoms with van der Waals surface area (Å²) in [7, 11) is 0. The zero-order chi connectivity index (χ0) is 20.2. The summed E-state index contributed by atoms with van der Waals surface area (Å²) in [5, 5.41) is 5.51. The number of rotatable bonds is 4. The Balaban J connectivity index is 1.89. The average Bonchev–Trinajstić information content (AvgIpc) is 2.53. The first kappa shape index (κ1) is 21.2. The standard InChI is InChI=1S/C19H26F3N3O2/c1-18(2,3)17(27)24-15-8-5-9-25(11-15)12-16(26)23-14-7-4-6-13(10-14)19(20,21)22/h4,6-7,10,15H,5,8-9,11-12H2,1-3H3,(H,23,26)(H,24,27). The number of likely N-dealkylation sites (tertiary alicyclic amines) is 1. The lowest BCUT2D eigenvalue weighted by molar-refractivity contribution is -0.137. The Hall–Kier alpha value is -2.09. The maximum atomic E-state index is 12.8. The Morgan fingerprint density at radius 1 is 1.22 bits per heavy atom. The molecule has 5 nitrogen and oxygen atoms in total. The molecule has 1 heterocycles. The average molecular weight is 385 g/mol. The Bertz CT molecular complexity index is 684. The number of piperidine rings is 1. The van der Waals surface area contributed by atoms with Gasteiger partial charge in [-0.05, 0) is 37.6 Å². The van der Waals surface area contributed by atoms with Crippen molar-refractivity contribution in [2.45, 2.75) is 45.8 Å². The van der Waals surface area contributed by atoms with Crippen molar-refractivity contribution in [2.24, 2.45) is 5.41 Å². The second kappa shape index (κ2) is 8.29. The molecule has 2 N–H and O–H groups in total. The largest absolute Gasteiger partial charge is 0.416 e. The van der Waals surface area contributed by atoms with E-state index in [4.69, 9.17) is 0 Å². The third-order valence-electron chi connectivity index (χ3n) is 4.36. The number of carbonyl (C=O) groups is 2. The number of alkyl halides is 3. The quantitative estimate of drug-likeness (QED) is 0.836. The predicted molar refractivity (Wildman–Crippen MR) is 97.1 cm³/mol. The van der Waals surface area contributed by atoms with Gasteiger partial charge in [-0.3, -0.25) is 14.5 Å². The predicted octanol–water partition coefficient (Wildman–Crippen LogP) is 3.27. The maximum absolute atomic E-state index is 12.8. The van der Waals surface area contributed by atoms with Crippen molar-refractivity contribution < 1.29 is 22.8 Å². The fourth-order valence-electron chi connectivity index (χ4n) is 2.90. The van der Waals surface area contributed by atoms with E-state index < -0.39 is 17.2 Å². The van der Waals surface area contributed by atoms with Gasteiger partial charge in [-0.25, -0.2) is 0 Å². The third kappa shape index (κ3) is 6.53. The van der Waals surface area contributed by atoms with Gasteiger partial charge in [0.2, 0.25) is 11.8 Å². The molecule has 0 bridgehead atoms. The number of halogens is 3. The maximum Gasteiger partial charge on any atom is 0.416 e. The monoisotopic (exact) mass is 385 g/mol. The second-order valence-electron chi connectivity index (χ2n) is 7.92. The molecule has 27 heavy (non-hydrogen) atoms. The molecule has 0 saturated carbocycles. The van der Waals surface area contributed by atoms with Crippen LogP contribution in [0.4, 0.5) is 18.9 Å². The lowest BCUT2D eigenvalue weighted by atomic mass is 9.94. The highest BCUT2D eigenvalue weighted by molar-refractivity contribution is 5.92. The highest BCUT2D eigenvalue weighted by Crippen LogP contribution is 2.30. The minimum atomic E-state index is -4.45. The second-order valence-corrected chi connectivity index (χ2v) is 7.92. The molecule has 0 aromatic heterocycles. The molecule has 1 saturated heterocycles. The smallest absolute Gasteiger partial charge is 0.352 e. The molecule has 0 spiro atoms. The topological polar surface area (TPSA) is 61.4 Å². The molecule has 1 aliphatic heterocycles. The van der Waals surface area contributed by atoms with Crippen LogP contribution in [-0.2, 0) is 15.8 Å². The number of nitrogens with one attached hydrogen (secondary N) is 2. The van der Waals surface area contributed by atoms with Crippen LogP contribution >= 0.6 is 0 Å². The van der Waals surface area contributed by atoms with Crippen molar-refractivity contribution in [3.05, 3.63) is 29.8 Å². The summed E-state index contributed by atoms with van der Waals surface area (Å²) in [6, 6.07) is 4.53. The van der Waals surface area contributed by atoms with Gasteiger partial charge >= 0.3 is 6.18 Å². The summed E-state index contributed by atoms with van der Waals surface area (Å²) in [6.45, 7) is 6.83. The SMILES string of the molecule is CC(C)(C)C(=O)NC1CCCN(CC(=O)Nc2cccc(C(F)(F)F)c2)C1. The van der Waals surface area contributed by atoms with Crippen LogP contribution in [0.1, 0.15) is 39.2 Å². The van der Waals surface area contributed by atoms with Gasteiger partial charge in [0.25, 0.3) is 0 Å². The molecule has 0 radical (unpaired) electrons. The lowest BCUT2D eigenvalue weighted by Crippen LogP contribution is -2.51. The highest BCUT2D eigenvalue weighted by Gasteiger charge is 2.31. The van der Waals surface area contributed by atoms with E-state index >= 15 is 0 Å². The van der Waals surface area contributed by atoms with Crippen LogP contribution in [0.5, 0.6) is 0 Å². The zero-order valence-electron chi connectivity index (χ0n) is 15.8. The highest BCUT2D eigenvalue weighted by atomic mass is 19.4. The number of hydrogen-bond donors (Lipinski definition) is 2. The first-order valence-corrected chi connectivity index (χ1v) is 8.95. The van der Waals surface area contributed by atoms with Crippen molar-refractivity contribution >= 4 is 17.5 Å². The van der Waals surface area contributed by atoms with Gasteiger partial charge in [-0.15, -0.1) is 0 Å². The van der Waals surface area contributed by atoms with E-state index in [0.29, 0.717) is 13.1 Å². The Labute approximate surface area is 157 Å². The number of carbonyl (C=O) groups excluding carboxylic acids is 2. The van der Waals surface area contributed by atoms with E-state index in [2.05, 4.69) is 10.6 Å². The Morgan fingerprint density at radius 3 is 2.56 bits per heavy atom. The number of benzene rings is 1. The number of hydrogen-bond acceptors (Lipinski definition) is 3. The summed E-state index contributed by atoms with van der Waals surface area (Å²) < 4.78 is 38.3. The molecule has 1 aliphatic rings. The summed E-state index contributed by atoms with van der Waals surface area (Å²) >= 11 is 0. The minimum Gasteiger partial charge on any atom is -0.352 e. The molecule has 1 unspecified atom stereocenters. The summed E-state index contributed by atoms with van der Waals surface area (Å²) in [6.07, 6.45) is -2.77. The van der Waals surface area contributed by atoms with Crippen molar-refractivity contribution in [3.63, 3.8) is 0 Å². The fraction of sp³-hybridized carbons (Fsp3) is 0.579. The van der Waals surface area contributed by atoms with E-state index in [1.54, 1.807) is 0 Å². The van der Waals surface area contributed by atoms with E-state index in [1.807, 2.05) is 25.7 Å². The van der Waals surface area contributed by atoms with Gasteiger partial charge in [0.15, 0.2) is 0 Å². The molecular formula is C19H26F3N3O2. The third-order valence-corrected chi connectivity index (χ3v) is 4.36. The number of nitrogens with zero attached hydrogens (tertiary/aromatic N) is 1. The summed E-state index contributed by atoms with van der Waals surface area (Å²) in [4.78, 5) is 26.2. The van der Waals surface area contributed by atoms with E-state index in [0.717, 1.165) is 25.0 Å². The Kier molecular flexibility index (Phi) is 6.51. The van der Waals surface area contributed by atoms with Crippen LogP contribution < -0.4 is 10.6 Å². The molecule has 1 aromatic rings. The van der Waals surface area contributed by atoms with Crippen LogP contribution in [0.25, 0.3) is 0 Å². The summed E-state index contributed by atoms with van der Waals surface area (Å²) in [5.41, 5.74) is -1.17. The molecule has 1 atom stereocenters. The number of amides is 2. The van der Waals surface area contributed by atoms with E-state index in [1.165, 1.54) is 12.1 Å². The molecule has 1 fully saturated rings. The van der Waals surface area contributed by atoms with Crippen molar-refractivity contribution in [3.8, 4) is 0 Å². The van der Waals surface area contributed by atoms with Gasteiger partial charge in [-0.1, -0.05) is 26.8 Å². The molecule has 2 rings (SSSR count). The molecular weight excluding hydrogens is 359 g/mol. The number of anilines is 1. The van der Waals surface area contributed by atoms with E-state index in [-0.39, 0.29) is 30.1 Å². The normalized spacial score (nSPS) is 18.8. The Morgan fingerprint density at radius 2 is 1.93 bits per heavy atom. The van der Waals surface area contributed by atoms with Crippen LogP contribution in [-0.4, -0.2) is 42.4 Å². The lowest BCUT2D eigenvalue weighted by Gasteiger charge is -2.34. The first-order valence-electron chi connectivity index (χ1n) is 8.95. The van der Waals surface area contributed by atoms with Crippen molar-refractivity contribution in [2.75, 3.05) is 25.0 Å². The van der Waals surface area contributed by atoms with Gasteiger partial charge < -0.3 is 10.6 Å². The van der Waals surface area contributed by atoms with Gasteiger partial charge in [0.05, 0.1) is 12.1 Å². The molecule has 1 aromatic carbocycles. The van der Waals surface area contributed by atoms with Crippen LogP contribution in [0.2, 0.25) is 0 Å². The van der Waals surface area contributed by atoms with Crippen LogP contribution in [0.15, 0.2) is 24.3 Å². The summed E-state index contributed by atoms with van der Waals surface area (Å²) in [5.74, 6) is -0.417. The van der Waals surface area contributed by atoms with Gasteiger partial charge in [0, 0.05) is 23.7 Å². The molecule has 150 valence electrons. The van der Waals surface area contributed by atoms with E-state index in [9.17, 15) is 22.8 Å².